The van der Waals surface area contributed by atoms with Gasteiger partial charge < -0.3 is 20.1 Å². The van der Waals surface area contributed by atoms with E-state index in [9.17, 15) is 10.1 Å². The zero-order chi connectivity index (χ0) is 29.5. The van der Waals surface area contributed by atoms with Crippen LogP contribution in [0.3, 0.4) is 0 Å². The minimum Gasteiger partial charge on any atom is -0.479 e. The van der Waals surface area contributed by atoms with E-state index in [-0.39, 0.29) is 18.0 Å². The monoisotopic (exact) mass is 556 g/mol. The number of aryl methyl sites for hydroxylation is 1. The van der Waals surface area contributed by atoms with Gasteiger partial charge in [-0.2, -0.15) is 5.26 Å². The average Bonchev–Trinajstić information content (AvgIpc) is 3.36. The number of piperidine rings is 1. The maximum atomic E-state index is 15.0. The first-order valence-corrected chi connectivity index (χ1v) is 13.5. The predicted octanol–water partition coefficient (Wildman–Crippen LogP) is 6.25. The number of rotatable bonds is 4. The normalized spacial score (nSPS) is 14.2. The molecule has 1 aliphatic rings. The van der Waals surface area contributed by atoms with Crippen molar-refractivity contribution in [2.24, 2.45) is 0 Å². The van der Waals surface area contributed by atoms with Crippen LogP contribution in [0.25, 0.3) is 33.0 Å². The van der Waals surface area contributed by atoms with E-state index in [1.165, 1.54) is 6.07 Å². The number of ether oxygens (including phenoxy) is 2. The number of likely N-dealkylation sites (tertiary alicyclic amines) is 1. The summed E-state index contributed by atoms with van der Waals surface area (Å²) >= 11 is 0. The number of benzene rings is 2. The number of nitrogens with zero attached hydrogens (tertiary/aromatic N) is 5. The Morgan fingerprint density at radius 2 is 1.88 bits per heavy atom. The van der Waals surface area contributed by atoms with Crippen LogP contribution in [-0.4, -0.2) is 51.6 Å². The first kappa shape index (κ1) is 27.9. The Morgan fingerprint density at radius 1 is 1.15 bits per heavy atom. The van der Waals surface area contributed by atoms with Gasteiger partial charge in [-0.25, -0.2) is 14.2 Å². The van der Waals surface area contributed by atoms with Gasteiger partial charge in [-0.05, 0) is 69.7 Å². The minimum absolute atomic E-state index is 0.0474. The van der Waals surface area contributed by atoms with Gasteiger partial charge in [0.05, 0.1) is 30.3 Å². The van der Waals surface area contributed by atoms with Crippen molar-refractivity contribution < 1.29 is 18.7 Å². The number of pyridine rings is 1. The van der Waals surface area contributed by atoms with Crippen molar-refractivity contribution in [3.63, 3.8) is 0 Å². The third-order valence-corrected chi connectivity index (χ3v) is 7.34. The Bertz CT molecular complexity index is 1660. The number of carbonyl (C=O) groups excluding carboxylic acids is 1. The van der Waals surface area contributed by atoms with E-state index < -0.39 is 11.4 Å². The number of hydrogen-bond acceptors (Lipinski definition) is 7. The van der Waals surface area contributed by atoms with Gasteiger partial charge in [0.2, 0.25) is 5.88 Å². The van der Waals surface area contributed by atoms with Crippen LogP contribution >= 0.6 is 0 Å². The van der Waals surface area contributed by atoms with Crippen LogP contribution in [0.2, 0.25) is 0 Å². The number of nitriles is 1. The number of amides is 1. The molecule has 0 aliphatic carbocycles. The van der Waals surface area contributed by atoms with E-state index in [2.05, 4.69) is 11.1 Å². The lowest BCUT2D eigenvalue weighted by molar-refractivity contribution is 0.0184. The number of hydrogen-bond donors (Lipinski definition) is 1. The van der Waals surface area contributed by atoms with Gasteiger partial charge in [0.25, 0.3) is 0 Å². The van der Waals surface area contributed by atoms with Gasteiger partial charge in [0.15, 0.2) is 0 Å². The average molecular weight is 557 g/mol. The van der Waals surface area contributed by atoms with Crippen LogP contribution in [0.5, 0.6) is 5.88 Å². The van der Waals surface area contributed by atoms with Crippen molar-refractivity contribution in [1.29, 1.82) is 5.26 Å². The summed E-state index contributed by atoms with van der Waals surface area (Å²) in [6, 6.07) is 10.5. The van der Waals surface area contributed by atoms with Crippen LogP contribution in [0.15, 0.2) is 42.7 Å². The number of aromatic nitrogens is 3. The van der Waals surface area contributed by atoms with Gasteiger partial charge in [-0.3, -0.25) is 4.68 Å². The summed E-state index contributed by atoms with van der Waals surface area (Å²) in [6.07, 6.45) is 4.65. The topological polar surface area (TPSA) is 119 Å². The van der Waals surface area contributed by atoms with Crippen LogP contribution in [0.1, 0.15) is 50.8 Å². The maximum Gasteiger partial charge on any atom is 0.410 e. The zero-order valence-electron chi connectivity index (χ0n) is 23.9. The summed E-state index contributed by atoms with van der Waals surface area (Å²) in [5.41, 5.74) is 8.96. The molecule has 0 bridgehead atoms. The second-order valence-corrected chi connectivity index (χ2v) is 11.3. The van der Waals surface area contributed by atoms with E-state index in [1.54, 1.807) is 36.4 Å². The van der Waals surface area contributed by atoms with E-state index in [1.807, 2.05) is 44.6 Å². The molecule has 1 saturated heterocycles. The third-order valence-electron chi connectivity index (χ3n) is 7.34. The summed E-state index contributed by atoms with van der Waals surface area (Å²) in [6.45, 7) is 8.47. The van der Waals surface area contributed by atoms with Crippen LogP contribution in [0.4, 0.5) is 15.0 Å². The molecule has 0 atom stereocenters. The molecular formula is C31H33FN6O3. The largest absolute Gasteiger partial charge is 0.479 e. The van der Waals surface area contributed by atoms with E-state index in [4.69, 9.17) is 20.3 Å². The van der Waals surface area contributed by atoms with Crippen molar-refractivity contribution in [3.8, 4) is 34.2 Å². The Kier molecular flexibility index (Phi) is 7.30. The lowest BCUT2D eigenvalue weighted by Gasteiger charge is -2.33. The third kappa shape index (κ3) is 5.40. The van der Waals surface area contributed by atoms with E-state index in [0.717, 1.165) is 0 Å². The fourth-order valence-corrected chi connectivity index (χ4v) is 5.33. The molecule has 41 heavy (non-hydrogen) atoms. The highest BCUT2D eigenvalue weighted by atomic mass is 19.1. The van der Waals surface area contributed by atoms with Crippen molar-refractivity contribution in [3.05, 3.63) is 59.7 Å². The summed E-state index contributed by atoms with van der Waals surface area (Å²) < 4.78 is 28.1. The molecule has 2 aromatic heterocycles. The maximum absolute atomic E-state index is 15.0. The minimum atomic E-state index is -0.549. The van der Waals surface area contributed by atoms with Gasteiger partial charge in [-0.15, -0.1) is 5.10 Å². The van der Waals surface area contributed by atoms with Crippen molar-refractivity contribution in [2.45, 2.75) is 52.2 Å². The van der Waals surface area contributed by atoms with Gasteiger partial charge >= 0.3 is 6.09 Å². The Morgan fingerprint density at radius 3 is 2.51 bits per heavy atom. The van der Waals surface area contributed by atoms with Gasteiger partial charge in [-0.1, -0.05) is 12.1 Å². The van der Waals surface area contributed by atoms with Gasteiger partial charge in [0, 0.05) is 47.6 Å². The standard InChI is InChI=1S/C31H33FN6O3/c1-18-7-6-8-26(32)27(18)21-14-22-23(13-19(21)15-33)28(34)35-16-24(22)25-17-38(36-29(25)40-5)20-9-11-37(12-10-20)30(39)41-31(2,3)4/h6-8,13-14,16-17,20H,9-12H2,1-5H3,(H2,34,35). The Balaban J connectivity index is 1.55. The molecule has 0 saturated carbocycles. The first-order valence-electron chi connectivity index (χ1n) is 13.5. The Hall–Kier alpha value is -4.65. The van der Waals surface area contributed by atoms with E-state index in [0.29, 0.717) is 76.0 Å². The second kappa shape index (κ2) is 10.7. The molecular weight excluding hydrogens is 523 g/mol. The highest BCUT2D eigenvalue weighted by Crippen LogP contribution is 2.41. The summed E-state index contributed by atoms with van der Waals surface area (Å²) in [5.74, 6) is 0.255. The molecule has 10 heteroatoms. The first-order chi connectivity index (χ1) is 19.5. The number of fused-ring (bicyclic) bond motifs is 1. The van der Waals surface area contributed by atoms with Crippen LogP contribution in [-0.2, 0) is 4.74 Å². The molecule has 1 aliphatic heterocycles. The molecule has 212 valence electrons. The number of nitrogens with two attached hydrogens (primary N) is 1. The summed E-state index contributed by atoms with van der Waals surface area (Å²) in [4.78, 5) is 18.6. The number of anilines is 1. The number of nitrogen functional groups attached to an aromatic ring is 1. The second-order valence-electron chi connectivity index (χ2n) is 11.3. The van der Waals surface area contributed by atoms with Crippen molar-refractivity contribution in [2.75, 3.05) is 25.9 Å². The molecule has 1 fully saturated rings. The SMILES string of the molecule is COc1nn(C2CCN(C(=O)OC(C)(C)C)CC2)cc1-c1cnc(N)c2cc(C#N)c(-c3c(C)cccc3F)cc12. The lowest BCUT2D eigenvalue weighted by atomic mass is 9.91. The number of carbonyl (C=O) groups is 1. The highest BCUT2D eigenvalue weighted by molar-refractivity contribution is 6.05. The molecule has 3 heterocycles. The summed E-state index contributed by atoms with van der Waals surface area (Å²) in [7, 11) is 1.55. The van der Waals surface area contributed by atoms with E-state index >= 15 is 4.39 Å². The molecule has 2 aromatic carbocycles. The van der Waals surface area contributed by atoms with Crippen molar-refractivity contribution in [1.82, 2.24) is 19.7 Å². The fourth-order valence-electron chi connectivity index (χ4n) is 5.33. The predicted molar refractivity (Wildman–Crippen MR) is 155 cm³/mol. The summed E-state index contributed by atoms with van der Waals surface area (Å²) in [5, 5.41) is 15.9. The molecule has 0 spiro atoms. The molecule has 1 amide bonds. The quantitative estimate of drug-likeness (QED) is 0.316. The molecule has 9 nitrogen and oxygen atoms in total. The molecule has 5 rings (SSSR count). The number of methoxy groups -OCH3 is 1. The fraction of sp³-hybridized carbons (Fsp3) is 0.355. The van der Waals surface area contributed by atoms with Crippen molar-refractivity contribution >= 4 is 22.7 Å². The van der Waals surface area contributed by atoms with Gasteiger partial charge in [0.1, 0.15) is 17.2 Å². The van der Waals surface area contributed by atoms with Crippen LogP contribution < -0.4 is 10.5 Å². The smallest absolute Gasteiger partial charge is 0.410 e. The lowest BCUT2D eigenvalue weighted by Crippen LogP contribution is -2.42. The molecule has 0 unspecified atom stereocenters. The highest BCUT2D eigenvalue weighted by Gasteiger charge is 2.29. The number of halogens is 1. The Labute approximate surface area is 238 Å². The zero-order valence-corrected chi connectivity index (χ0v) is 23.9. The van der Waals surface area contributed by atoms with Crippen LogP contribution in [0, 0.1) is 24.1 Å². The molecule has 2 N–H and O–H groups in total. The molecule has 0 radical (unpaired) electrons. The molecule has 4 aromatic rings.